The molecule has 0 aliphatic heterocycles. The molecular formula is C26H33ClN2O3S. The van der Waals surface area contributed by atoms with Gasteiger partial charge in [-0.25, -0.2) is 8.42 Å². The number of sulfonamides is 1. The largest absolute Gasteiger partial charge is 0.353 e. The van der Waals surface area contributed by atoms with Crippen LogP contribution >= 0.6 is 11.6 Å². The molecule has 0 radical (unpaired) electrons. The first-order valence-electron chi connectivity index (χ1n) is 11.8. The van der Waals surface area contributed by atoms with Gasteiger partial charge in [0.1, 0.15) is 0 Å². The number of halogens is 1. The number of nitrogens with one attached hydrogen (secondary N) is 1. The first-order valence-corrected chi connectivity index (χ1v) is 13.6. The Kier molecular flexibility index (Phi) is 7.06. The number of amides is 1. The molecule has 7 heteroatoms. The summed E-state index contributed by atoms with van der Waals surface area (Å²) >= 11 is 5.97. The summed E-state index contributed by atoms with van der Waals surface area (Å²) in [6.45, 7) is 6.04. The van der Waals surface area contributed by atoms with Gasteiger partial charge in [-0.3, -0.25) is 9.10 Å². The molecule has 4 atom stereocenters. The molecule has 1 amide bonds. The fourth-order valence-corrected chi connectivity index (χ4v) is 7.33. The molecule has 178 valence electrons. The summed E-state index contributed by atoms with van der Waals surface area (Å²) in [4.78, 5) is 13.0. The Morgan fingerprint density at radius 2 is 1.76 bits per heavy atom. The van der Waals surface area contributed by atoms with Crippen molar-refractivity contribution in [1.29, 1.82) is 0 Å². The van der Waals surface area contributed by atoms with Crippen molar-refractivity contribution >= 4 is 33.2 Å². The third-order valence-corrected chi connectivity index (χ3v) is 9.36. The van der Waals surface area contributed by atoms with Gasteiger partial charge in [0.05, 0.1) is 10.6 Å². The molecule has 2 aromatic rings. The lowest BCUT2D eigenvalue weighted by molar-refractivity contribution is -0.121. The average Bonchev–Trinajstić information content (AvgIpc) is 3.37. The van der Waals surface area contributed by atoms with Gasteiger partial charge in [-0.15, -0.1) is 0 Å². The summed E-state index contributed by atoms with van der Waals surface area (Å²) in [6.07, 6.45) is 5.20. The molecule has 0 heterocycles. The number of hydrogen-bond acceptors (Lipinski definition) is 3. The zero-order chi connectivity index (χ0) is 23.8. The highest BCUT2D eigenvalue weighted by atomic mass is 35.5. The van der Waals surface area contributed by atoms with E-state index in [0.717, 1.165) is 23.0 Å². The molecule has 1 N–H and O–H groups in total. The minimum absolute atomic E-state index is 0.0725. The van der Waals surface area contributed by atoms with Crippen molar-refractivity contribution in [2.24, 2.45) is 17.8 Å². The summed E-state index contributed by atoms with van der Waals surface area (Å²) in [5.41, 5.74) is 2.50. The third-order valence-electron chi connectivity index (χ3n) is 7.26. The lowest BCUT2D eigenvalue weighted by atomic mass is 9.84. The summed E-state index contributed by atoms with van der Waals surface area (Å²) in [5, 5.41) is 3.63. The van der Waals surface area contributed by atoms with Crippen LogP contribution in [0.25, 0.3) is 0 Å². The van der Waals surface area contributed by atoms with Gasteiger partial charge < -0.3 is 5.32 Å². The summed E-state index contributed by atoms with van der Waals surface area (Å²) < 4.78 is 28.4. The Balaban J connectivity index is 1.51. The van der Waals surface area contributed by atoms with Crippen LogP contribution in [-0.4, -0.2) is 26.9 Å². The maximum atomic E-state index is 13.5. The number of carbonyl (C=O) groups excluding carboxylic acids is 1. The topological polar surface area (TPSA) is 66.5 Å². The zero-order valence-electron chi connectivity index (χ0n) is 19.6. The smallest absolute Gasteiger partial charge is 0.264 e. The van der Waals surface area contributed by atoms with Gasteiger partial charge in [0.2, 0.25) is 5.91 Å². The maximum absolute atomic E-state index is 13.5. The first kappa shape index (κ1) is 24.1. The fraction of sp³-hybridized carbons (Fsp3) is 0.500. The van der Waals surface area contributed by atoms with Crippen molar-refractivity contribution in [3.05, 3.63) is 58.6 Å². The highest BCUT2D eigenvalue weighted by molar-refractivity contribution is 7.92. The van der Waals surface area contributed by atoms with Gasteiger partial charge in [0.15, 0.2) is 0 Å². The highest BCUT2D eigenvalue weighted by Gasteiger charge is 2.42. The number of benzene rings is 2. The Bertz CT molecular complexity index is 1100. The molecule has 33 heavy (non-hydrogen) atoms. The van der Waals surface area contributed by atoms with Crippen LogP contribution in [0.1, 0.15) is 50.2 Å². The normalized spacial score (nSPS) is 22.8. The van der Waals surface area contributed by atoms with E-state index in [4.69, 9.17) is 11.6 Å². The summed E-state index contributed by atoms with van der Waals surface area (Å²) in [7, 11) is -3.86. The predicted octanol–water partition coefficient (Wildman–Crippen LogP) is 5.48. The molecule has 4 rings (SSSR count). The molecule has 0 unspecified atom stereocenters. The molecule has 2 aromatic carbocycles. The van der Waals surface area contributed by atoms with Gasteiger partial charge in [0.25, 0.3) is 10.0 Å². The molecular weight excluding hydrogens is 456 g/mol. The second kappa shape index (κ2) is 9.67. The number of aryl methyl sites for hydroxylation is 2. The van der Waals surface area contributed by atoms with Gasteiger partial charge in [-0.05, 0) is 105 Å². The van der Waals surface area contributed by atoms with E-state index < -0.39 is 10.0 Å². The van der Waals surface area contributed by atoms with Gasteiger partial charge >= 0.3 is 0 Å². The Hall–Kier alpha value is -2.05. The maximum Gasteiger partial charge on any atom is 0.264 e. The number of hydrogen-bond donors (Lipinski definition) is 1. The molecule has 2 aliphatic rings. The number of fused-ring (bicyclic) bond motifs is 2. The van der Waals surface area contributed by atoms with E-state index >= 15 is 0 Å². The van der Waals surface area contributed by atoms with E-state index in [1.165, 1.54) is 42.1 Å². The SMILES string of the molecule is Cc1cc(C)cc(N(CCC(=O)N[C@@H](C)[C@@H]2C[C@H]3CC[C@H]2C3)S(=O)(=O)c2ccc(Cl)cc2)c1. The first-order chi connectivity index (χ1) is 15.6. The minimum Gasteiger partial charge on any atom is -0.353 e. The number of rotatable bonds is 8. The monoisotopic (exact) mass is 488 g/mol. The second-order valence-corrected chi connectivity index (χ2v) is 12.1. The van der Waals surface area contributed by atoms with Crippen LogP contribution in [0.3, 0.4) is 0 Å². The lowest BCUT2D eigenvalue weighted by Crippen LogP contribution is -2.42. The molecule has 0 aromatic heterocycles. The van der Waals surface area contributed by atoms with Crippen LogP contribution < -0.4 is 9.62 Å². The van der Waals surface area contributed by atoms with E-state index in [9.17, 15) is 13.2 Å². The van der Waals surface area contributed by atoms with Crippen LogP contribution in [0.4, 0.5) is 5.69 Å². The minimum atomic E-state index is -3.86. The predicted molar refractivity (Wildman–Crippen MR) is 133 cm³/mol. The number of anilines is 1. The third kappa shape index (κ3) is 5.38. The van der Waals surface area contributed by atoms with Crippen LogP contribution in [0, 0.1) is 31.6 Å². The van der Waals surface area contributed by atoms with Gasteiger partial charge in [-0.2, -0.15) is 0 Å². The summed E-state index contributed by atoms with van der Waals surface area (Å²) in [6, 6.07) is 12.0. The Labute approximate surface area is 202 Å². The highest BCUT2D eigenvalue weighted by Crippen LogP contribution is 2.49. The van der Waals surface area contributed by atoms with Gasteiger partial charge in [-0.1, -0.05) is 24.1 Å². The number of carbonyl (C=O) groups is 1. The van der Waals surface area contributed by atoms with E-state index in [1.807, 2.05) is 32.0 Å². The quantitative estimate of drug-likeness (QED) is 0.534. The van der Waals surface area contributed by atoms with Crippen LogP contribution in [-0.2, 0) is 14.8 Å². The molecule has 2 saturated carbocycles. The lowest BCUT2D eigenvalue weighted by Gasteiger charge is -2.29. The van der Waals surface area contributed by atoms with E-state index in [-0.39, 0.29) is 29.8 Å². The van der Waals surface area contributed by atoms with Crippen LogP contribution in [0.15, 0.2) is 47.4 Å². The molecule has 2 bridgehead atoms. The van der Waals surface area contributed by atoms with E-state index in [1.54, 1.807) is 12.1 Å². The Morgan fingerprint density at radius 1 is 1.09 bits per heavy atom. The van der Waals surface area contributed by atoms with Crippen molar-refractivity contribution in [3.63, 3.8) is 0 Å². The van der Waals surface area contributed by atoms with Crippen molar-refractivity contribution in [2.75, 3.05) is 10.8 Å². The molecule has 2 aliphatic carbocycles. The van der Waals surface area contributed by atoms with Gasteiger partial charge in [0, 0.05) is 24.0 Å². The molecule has 2 fully saturated rings. The van der Waals surface area contributed by atoms with Crippen molar-refractivity contribution in [3.8, 4) is 0 Å². The fourth-order valence-electron chi connectivity index (χ4n) is 5.76. The molecule has 0 spiro atoms. The second-order valence-electron chi connectivity index (χ2n) is 9.82. The standard InChI is InChI=1S/C26H33ClN2O3S/c1-17-12-18(2)14-23(13-17)29(33(31,32)24-8-6-22(27)7-9-24)11-10-26(30)28-19(3)25-16-20-4-5-21(25)15-20/h6-9,12-14,19-21,25H,4-5,10-11,15-16H2,1-3H3,(H,28,30)/t19-,20-,21-,25-/m0/s1. The summed E-state index contributed by atoms with van der Waals surface area (Å²) in [5.74, 6) is 1.98. The Morgan fingerprint density at radius 3 is 2.33 bits per heavy atom. The van der Waals surface area contributed by atoms with Crippen molar-refractivity contribution in [2.45, 2.75) is 63.8 Å². The van der Waals surface area contributed by atoms with Crippen molar-refractivity contribution < 1.29 is 13.2 Å². The molecule has 0 saturated heterocycles. The number of nitrogens with zero attached hydrogens (tertiary/aromatic N) is 1. The van der Waals surface area contributed by atoms with E-state index in [2.05, 4.69) is 12.2 Å². The van der Waals surface area contributed by atoms with Crippen LogP contribution in [0.2, 0.25) is 5.02 Å². The van der Waals surface area contributed by atoms with Crippen molar-refractivity contribution in [1.82, 2.24) is 5.32 Å². The molecule has 5 nitrogen and oxygen atoms in total. The van der Waals surface area contributed by atoms with Crippen LogP contribution in [0.5, 0.6) is 0 Å². The average molecular weight is 489 g/mol. The zero-order valence-corrected chi connectivity index (χ0v) is 21.1. The van der Waals surface area contributed by atoms with E-state index in [0.29, 0.717) is 16.6 Å².